The van der Waals surface area contributed by atoms with Crippen LogP contribution in [0.5, 0.6) is 0 Å². The molecule has 20 N–H and O–H groups in total. The molecule has 1 heterocycles. The number of benzene rings is 2. The topological polar surface area (TPSA) is 593 Å². The fraction of sp³-hybridized carbons (Fsp3) is 0.658. The van der Waals surface area contributed by atoms with E-state index in [1.165, 1.54) is 11.0 Å². The summed E-state index contributed by atoms with van der Waals surface area (Å²) in [5.41, 5.74) is 1.28. The number of nitrogens with one attached hydrogen (secondary N) is 7. The van der Waals surface area contributed by atoms with E-state index in [0.29, 0.717) is 49.0 Å². The number of aliphatic hydroxyl groups is 10. The first kappa shape index (κ1) is 98.1. The lowest BCUT2D eigenvalue weighted by Crippen LogP contribution is -2.55. The number of para-hydroxylation sites is 2. The second kappa shape index (κ2) is 50.3. The molecule has 0 bridgehead atoms. The summed E-state index contributed by atoms with van der Waals surface area (Å²) >= 11 is 0. The van der Waals surface area contributed by atoms with Gasteiger partial charge in [0.2, 0.25) is 29.5 Å². The van der Waals surface area contributed by atoms with Gasteiger partial charge >= 0.3 is 23.9 Å². The second-order valence-electron chi connectivity index (χ2n) is 29.7. The minimum Gasteiger partial charge on any atom is -0.481 e. The van der Waals surface area contributed by atoms with Crippen LogP contribution in [-0.2, 0) is 57.5 Å². The lowest BCUT2D eigenvalue weighted by molar-refractivity contribution is -0.142. The molecule has 1 fully saturated rings. The molecule has 0 unspecified atom stereocenters. The molecule has 38 heteroatoms. The Morgan fingerprint density at radius 3 is 1.52 bits per heavy atom. The van der Waals surface area contributed by atoms with Gasteiger partial charge in [-0.2, -0.15) is 0 Å². The molecule has 2 aromatic carbocycles. The maximum Gasteiger partial charge on any atom is 0.327 e. The maximum absolute atomic E-state index is 14.5. The van der Waals surface area contributed by atoms with Crippen LogP contribution in [0.3, 0.4) is 0 Å². The highest BCUT2D eigenvalue weighted by Gasteiger charge is 2.41. The number of hydrogen-bond acceptors (Lipinski definition) is 27. The van der Waals surface area contributed by atoms with Gasteiger partial charge in [0.05, 0.1) is 55.4 Å². The number of amides is 8. The first-order chi connectivity index (χ1) is 53.9. The van der Waals surface area contributed by atoms with Gasteiger partial charge in [-0.15, -0.1) is 0 Å². The standard InChI is InChI=1S/C76H115N9O27S2/c1-76(2,3)61(95)39-85-53-22-15-14-21-52(53)84(47-19-10-9-11-20-47)38-50(73(85)109)83-75(112)79-46-18-16-17-43(33-46)54(88)23-12-7-5-6-8-13-24-64(98)80-48(27-31-65(99)100)55(89)34-44(25-29-62(96)77-36-57(91)67(103)69(105)59(93)40-86)71(107)81-49(28-32-66(101)102)56(90)35-45(72(108)82-51(74(110)111)42-114-113-4)26-30-63(97)78-37-58(92)68(104)70(106)60(94)41-87/h14-18,21-22,33,44-45,47-51,57-60,67-70,86-87,91-94,103-106H,5-13,19-20,23-32,34-42H2,1-4H3,(H,77,96)(H,78,97)(H,80,98)(H,81,107)(H,82,108)(H,99,100)(H,101,102)(H,110,111)(H2,79,83,112)/t44-,45-,48+,49+,50-,51+,57-,58-,59+,60+,67+,68+,69+,70+/m1/s1. The number of aliphatic hydroxyl groups excluding tert-OH is 10. The summed E-state index contributed by atoms with van der Waals surface area (Å²) in [6, 6.07) is 7.22. The van der Waals surface area contributed by atoms with Gasteiger partial charge < -0.3 is 113 Å². The van der Waals surface area contributed by atoms with E-state index < -0.39 is 252 Å². The van der Waals surface area contributed by atoms with Crippen molar-refractivity contribution in [2.24, 2.45) is 17.3 Å². The summed E-state index contributed by atoms with van der Waals surface area (Å²) in [7, 11) is 2.19. The number of ketones is 4. The molecule has 1 saturated carbocycles. The first-order valence-electron chi connectivity index (χ1n) is 38.3. The number of rotatable bonds is 54. The number of fused-ring (bicyclic) bond motifs is 1. The minimum absolute atomic E-state index is 0.107. The van der Waals surface area contributed by atoms with Crippen LogP contribution in [-0.4, -0.2) is 279 Å². The number of hydrogen-bond donors (Lipinski definition) is 20. The van der Waals surface area contributed by atoms with Crippen LogP contribution in [0.1, 0.15) is 179 Å². The van der Waals surface area contributed by atoms with E-state index in [1.807, 2.05) is 24.3 Å². The fourth-order valence-corrected chi connectivity index (χ4v) is 14.2. The molecule has 638 valence electrons. The van der Waals surface area contributed by atoms with Gasteiger partial charge in [0, 0.05) is 111 Å². The van der Waals surface area contributed by atoms with Crippen LogP contribution < -0.4 is 47.0 Å². The fourth-order valence-electron chi connectivity index (χ4n) is 12.9. The highest BCUT2D eigenvalue weighted by molar-refractivity contribution is 8.76. The molecule has 4 rings (SSSR count). The van der Waals surface area contributed by atoms with E-state index in [4.69, 9.17) is 5.11 Å². The molecular formula is C76H115N9O27S2. The largest absolute Gasteiger partial charge is 0.481 e. The van der Waals surface area contributed by atoms with Gasteiger partial charge in [-0.25, -0.2) is 9.59 Å². The van der Waals surface area contributed by atoms with E-state index >= 15 is 0 Å². The zero-order chi connectivity index (χ0) is 84.9. The second-order valence-corrected chi connectivity index (χ2v) is 32.3. The normalized spacial score (nSPS) is 17.4. The van der Waals surface area contributed by atoms with Crippen LogP contribution in [0.4, 0.5) is 21.9 Å². The number of urea groups is 1. The van der Waals surface area contributed by atoms with Gasteiger partial charge in [-0.05, 0) is 81.9 Å². The van der Waals surface area contributed by atoms with Crippen molar-refractivity contribution in [2.45, 2.75) is 247 Å². The average Bonchev–Trinajstić information content (AvgIpc) is 1.62. The molecular weight excluding hydrogens is 1540 g/mol. The van der Waals surface area contributed by atoms with Crippen LogP contribution >= 0.6 is 21.6 Å². The Morgan fingerprint density at radius 2 is 1.03 bits per heavy atom. The highest BCUT2D eigenvalue weighted by Crippen LogP contribution is 2.38. The molecule has 0 spiro atoms. The Balaban J connectivity index is 1.44. The number of aliphatic carboxylic acids is 3. The average molecular weight is 1650 g/mol. The van der Waals surface area contributed by atoms with Crippen molar-refractivity contribution in [3.05, 3.63) is 54.1 Å². The van der Waals surface area contributed by atoms with Gasteiger partial charge in [0.25, 0.3) is 5.91 Å². The monoisotopic (exact) mass is 1650 g/mol. The molecule has 1 aliphatic heterocycles. The Hall–Kier alpha value is -8.28. The quantitative estimate of drug-likeness (QED) is 0.0242. The maximum atomic E-state index is 14.5. The number of carbonyl (C=O) groups is 14. The Morgan fingerprint density at radius 1 is 0.544 bits per heavy atom. The van der Waals surface area contributed by atoms with E-state index in [9.17, 15) is 128 Å². The molecule has 1 aliphatic carbocycles. The third-order valence-electron chi connectivity index (χ3n) is 19.8. The summed E-state index contributed by atoms with van der Waals surface area (Å²) < 4.78 is 0. The predicted octanol–water partition coefficient (Wildman–Crippen LogP) is 0.376. The summed E-state index contributed by atoms with van der Waals surface area (Å²) in [6.07, 6.45) is -13.4. The number of carboxylic acid groups (broad SMARTS) is 3. The predicted molar refractivity (Wildman–Crippen MR) is 417 cm³/mol. The third-order valence-corrected chi connectivity index (χ3v) is 21.6. The summed E-state index contributed by atoms with van der Waals surface area (Å²) in [4.78, 5) is 192. The molecule has 0 radical (unpaired) electrons. The Bertz CT molecular complexity index is 3530. The zero-order valence-corrected chi connectivity index (χ0v) is 66.4. The minimum atomic E-state index is -2.11. The lowest BCUT2D eigenvalue weighted by atomic mass is 9.89. The number of nitrogens with zero attached hydrogens (tertiary/aromatic N) is 2. The molecule has 114 heavy (non-hydrogen) atoms. The Kier molecular flexibility index (Phi) is 43.2. The third kappa shape index (κ3) is 33.9. The van der Waals surface area contributed by atoms with Crippen molar-refractivity contribution in [3.8, 4) is 0 Å². The van der Waals surface area contributed by atoms with Crippen LogP contribution in [0, 0.1) is 17.3 Å². The van der Waals surface area contributed by atoms with Crippen LogP contribution in [0.2, 0.25) is 0 Å². The summed E-state index contributed by atoms with van der Waals surface area (Å²) in [5, 5.41) is 146. The molecule has 0 saturated heterocycles. The Labute approximate surface area is 668 Å². The number of unbranched alkanes of at least 4 members (excludes halogenated alkanes) is 5. The van der Waals surface area contributed by atoms with Crippen molar-refractivity contribution >= 4 is 121 Å². The smallest absolute Gasteiger partial charge is 0.327 e. The zero-order valence-electron chi connectivity index (χ0n) is 64.7. The summed E-state index contributed by atoms with van der Waals surface area (Å²) in [6.45, 7) is 1.75. The van der Waals surface area contributed by atoms with Gasteiger partial charge in [-0.3, -0.25) is 57.5 Å². The van der Waals surface area contributed by atoms with Crippen molar-refractivity contribution in [2.75, 3.05) is 66.5 Å². The molecule has 0 aromatic heterocycles. The number of carboxylic acids is 3. The highest BCUT2D eigenvalue weighted by atomic mass is 33.1. The van der Waals surface area contributed by atoms with Crippen molar-refractivity contribution < 1.29 is 134 Å². The van der Waals surface area contributed by atoms with Gasteiger partial charge in [0.15, 0.2) is 23.1 Å². The van der Waals surface area contributed by atoms with Crippen molar-refractivity contribution in [3.63, 3.8) is 0 Å². The molecule has 2 aliphatic rings. The number of anilines is 3. The lowest BCUT2D eigenvalue weighted by Gasteiger charge is -2.37. The molecule has 14 atom stereocenters. The van der Waals surface area contributed by atoms with E-state index in [0.717, 1.165) is 59.4 Å². The number of carbonyl (C=O) groups excluding carboxylic acids is 11. The van der Waals surface area contributed by atoms with E-state index in [-0.39, 0.29) is 55.7 Å². The van der Waals surface area contributed by atoms with Gasteiger partial charge in [-0.1, -0.05) is 112 Å². The van der Waals surface area contributed by atoms with Crippen molar-refractivity contribution in [1.29, 1.82) is 0 Å². The SMILES string of the molecule is CSSC[C@H](NC(=O)[C@H](CCC(=O)NC[C@@H](O)[C@H](O)[C@@H](O)[C@@H](O)CO)CC(=O)[C@H](CCC(=O)O)NC(=O)[C@H](CCC(=O)NC[C@@H](O)[C@H](O)[C@@H](O)[C@@H](O)CO)CC(=O)[C@H](CCC(=O)O)NC(=O)CCCCCCCCC(=O)c1cccc(NC(=O)N[C@@H]2CN(C3CCCCC3)c3ccccc3N(CC(=O)C(C)(C)C)C2=O)c1)C(=O)O. The first-order valence-corrected chi connectivity index (χ1v) is 41.0. The number of Topliss-reactive ketones (excluding diaryl/α,β-unsaturated/α-hetero) is 4. The molecule has 2 aromatic rings. The van der Waals surface area contributed by atoms with Gasteiger partial charge in [0.1, 0.15) is 48.7 Å². The van der Waals surface area contributed by atoms with E-state index in [2.05, 4.69) is 42.1 Å². The molecule has 8 amide bonds. The van der Waals surface area contributed by atoms with Crippen molar-refractivity contribution in [1.82, 2.24) is 31.9 Å². The van der Waals surface area contributed by atoms with Crippen LogP contribution in [0.25, 0.3) is 0 Å². The van der Waals surface area contributed by atoms with Crippen LogP contribution in [0.15, 0.2) is 48.5 Å². The van der Waals surface area contributed by atoms with E-state index in [1.54, 1.807) is 45.2 Å². The molecule has 36 nitrogen and oxygen atoms in total. The summed E-state index contributed by atoms with van der Waals surface area (Å²) in [5.74, 6) is -15.6.